The minimum Gasteiger partial charge on any atom is -0.327 e. The molecule has 3 aromatic rings. The number of anilines is 1. The molecule has 2 amide bonds. The van der Waals surface area contributed by atoms with Gasteiger partial charge in [0.25, 0.3) is 0 Å². The zero-order chi connectivity index (χ0) is 18.7. The first kappa shape index (κ1) is 18.1. The number of aromatic nitrogens is 3. The van der Waals surface area contributed by atoms with E-state index >= 15 is 0 Å². The number of benzene rings is 1. The Morgan fingerprint density at radius 1 is 1.31 bits per heavy atom. The fourth-order valence-corrected chi connectivity index (χ4v) is 3.42. The monoisotopic (exact) mass is 369 g/mol. The second-order valence-electron chi connectivity index (χ2n) is 6.35. The van der Waals surface area contributed by atoms with Gasteiger partial charge in [0.05, 0.1) is 16.4 Å². The molecule has 2 N–H and O–H groups in total. The van der Waals surface area contributed by atoms with Crippen molar-refractivity contribution in [3.63, 3.8) is 0 Å². The van der Waals surface area contributed by atoms with Crippen molar-refractivity contribution >= 4 is 23.1 Å². The van der Waals surface area contributed by atoms with Crippen molar-refractivity contribution in [2.24, 2.45) is 0 Å². The van der Waals surface area contributed by atoms with E-state index in [1.807, 2.05) is 50.4 Å². The van der Waals surface area contributed by atoms with E-state index in [4.69, 9.17) is 0 Å². The summed E-state index contributed by atoms with van der Waals surface area (Å²) in [7, 11) is 1.80. The number of thiazole rings is 1. The second-order valence-corrected chi connectivity index (χ2v) is 7.41. The van der Waals surface area contributed by atoms with Crippen molar-refractivity contribution in [1.82, 2.24) is 20.1 Å². The van der Waals surface area contributed by atoms with Crippen LogP contribution in [0.2, 0.25) is 0 Å². The van der Waals surface area contributed by atoms with Crippen LogP contribution in [0.4, 0.5) is 10.5 Å². The lowest BCUT2D eigenvalue weighted by atomic mass is 10.1. The Labute approximate surface area is 157 Å². The van der Waals surface area contributed by atoms with E-state index in [2.05, 4.69) is 20.5 Å². The number of amides is 2. The van der Waals surface area contributed by atoms with Crippen LogP contribution in [0, 0.1) is 20.8 Å². The number of H-pyrrole nitrogens is 1. The normalized spacial score (nSPS) is 10.8. The highest BCUT2D eigenvalue weighted by Crippen LogP contribution is 2.24. The number of carbonyl (C=O) groups is 1. The summed E-state index contributed by atoms with van der Waals surface area (Å²) in [6, 6.07) is 7.63. The van der Waals surface area contributed by atoms with Crippen LogP contribution >= 0.6 is 11.3 Å². The zero-order valence-corrected chi connectivity index (χ0v) is 16.3. The lowest BCUT2D eigenvalue weighted by Gasteiger charge is -2.18. The number of nitrogens with zero attached hydrogens (tertiary/aromatic N) is 3. The molecule has 2 aromatic heterocycles. The maximum atomic E-state index is 12.5. The van der Waals surface area contributed by atoms with E-state index in [0.717, 1.165) is 39.8 Å². The molecule has 3 rings (SSSR count). The SMILES string of the molecule is Cc1nc(-c2cccc(NC(=O)N(C)CCc3c(C)n[nH]c3C)c2)cs1. The minimum absolute atomic E-state index is 0.129. The molecule has 6 nitrogen and oxygen atoms in total. The third-order valence-electron chi connectivity index (χ3n) is 4.35. The van der Waals surface area contributed by atoms with Crippen molar-refractivity contribution < 1.29 is 4.79 Å². The highest BCUT2D eigenvalue weighted by Gasteiger charge is 2.12. The molecule has 0 spiro atoms. The van der Waals surface area contributed by atoms with Gasteiger partial charge in [0.1, 0.15) is 0 Å². The van der Waals surface area contributed by atoms with Crippen molar-refractivity contribution in [3.8, 4) is 11.3 Å². The first-order valence-corrected chi connectivity index (χ1v) is 9.37. The number of nitrogens with one attached hydrogen (secondary N) is 2. The lowest BCUT2D eigenvalue weighted by Crippen LogP contribution is -2.33. The molecule has 26 heavy (non-hydrogen) atoms. The Morgan fingerprint density at radius 3 is 2.77 bits per heavy atom. The molecule has 0 aliphatic carbocycles. The van der Waals surface area contributed by atoms with E-state index in [1.54, 1.807) is 23.3 Å². The highest BCUT2D eigenvalue weighted by atomic mass is 32.1. The second kappa shape index (κ2) is 7.70. The standard InChI is InChI=1S/C19H23N5OS/c1-12-17(13(2)23-22-12)8-9-24(4)19(25)21-16-7-5-6-15(10-16)18-11-26-14(3)20-18/h5-7,10-11H,8-9H2,1-4H3,(H,21,25)(H,22,23). The molecule has 0 saturated heterocycles. The summed E-state index contributed by atoms with van der Waals surface area (Å²) in [6.45, 7) is 6.59. The molecule has 0 radical (unpaired) electrons. The summed E-state index contributed by atoms with van der Waals surface area (Å²) in [5.74, 6) is 0. The number of carbonyl (C=O) groups excluding carboxylic acids is 1. The quantitative estimate of drug-likeness (QED) is 0.709. The third-order valence-corrected chi connectivity index (χ3v) is 5.13. The predicted molar refractivity (Wildman–Crippen MR) is 106 cm³/mol. The molecule has 0 aliphatic heterocycles. The Hall–Kier alpha value is -2.67. The van der Waals surface area contributed by atoms with Crippen LogP contribution in [0.1, 0.15) is 22.0 Å². The van der Waals surface area contributed by atoms with E-state index in [0.29, 0.717) is 6.54 Å². The van der Waals surface area contributed by atoms with Gasteiger partial charge in [-0.25, -0.2) is 9.78 Å². The molecule has 0 saturated carbocycles. The summed E-state index contributed by atoms with van der Waals surface area (Å²) in [4.78, 5) is 18.7. The number of rotatable bonds is 5. The largest absolute Gasteiger partial charge is 0.327 e. The van der Waals surface area contributed by atoms with Gasteiger partial charge in [-0.2, -0.15) is 5.10 Å². The maximum Gasteiger partial charge on any atom is 0.321 e. The van der Waals surface area contributed by atoms with Gasteiger partial charge in [0, 0.05) is 35.9 Å². The van der Waals surface area contributed by atoms with E-state index < -0.39 is 0 Å². The molecule has 0 aliphatic rings. The van der Waals surface area contributed by atoms with Crippen molar-refractivity contribution in [1.29, 1.82) is 0 Å². The van der Waals surface area contributed by atoms with Crippen LogP contribution in [0.25, 0.3) is 11.3 Å². The number of hydrogen-bond donors (Lipinski definition) is 2. The topological polar surface area (TPSA) is 73.9 Å². The Morgan fingerprint density at radius 2 is 2.12 bits per heavy atom. The summed E-state index contributed by atoms with van der Waals surface area (Å²) >= 11 is 1.62. The number of aromatic amines is 1. The first-order chi connectivity index (χ1) is 12.4. The van der Waals surface area contributed by atoms with Gasteiger partial charge in [0.15, 0.2) is 0 Å². The number of urea groups is 1. The van der Waals surface area contributed by atoms with E-state index in [-0.39, 0.29) is 6.03 Å². The molecule has 0 atom stereocenters. The zero-order valence-electron chi connectivity index (χ0n) is 15.5. The first-order valence-electron chi connectivity index (χ1n) is 8.49. The molecular formula is C19H23N5OS. The van der Waals surface area contributed by atoms with Crippen molar-refractivity contribution in [2.45, 2.75) is 27.2 Å². The van der Waals surface area contributed by atoms with Gasteiger partial charge in [0.2, 0.25) is 0 Å². The number of likely N-dealkylation sites (N-methyl/N-ethyl adjacent to an activating group) is 1. The van der Waals surface area contributed by atoms with Gasteiger partial charge < -0.3 is 10.2 Å². The van der Waals surface area contributed by atoms with Gasteiger partial charge in [-0.3, -0.25) is 5.10 Å². The van der Waals surface area contributed by atoms with Crippen LogP contribution < -0.4 is 5.32 Å². The smallest absolute Gasteiger partial charge is 0.321 e. The van der Waals surface area contributed by atoms with E-state index in [9.17, 15) is 4.79 Å². The molecule has 0 fully saturated rings. The molecule has 7 heteroatoms. The van der Waals surface area contributed by atoms with Crippen molar-refractivity contribution in [2.75, 3.05) is 18.9 Å². The molecular weight excluding hydrogens is 346 g/mol. The Kier molecular flexibility index (Phi) is 5.37. The fourth-order valence-electron chi connectivity index (χ4n) is 2.79. The Balaban J connectivity index is 1.62. The predicted octanol–water partition coefficient (Wildman–Crippen LogP) is 4.16. The molecule has 2 heterocycles. The lowest BCUT2D eigenvalue weighted by molar-refractivity contribution is 0.223. The van der Waals surface area contributed by atoms with Crippen molar-refractivity contribution in [3.05, 3.63) is 51.6 Å². The molecule has 0 bridgehead atoms. The number of hydrogen-bond acceptors (Lipinski definition) is 4. The van der Waals surface area contributed by atoms with Gasteiger partial charge in [-0.1, -0.05) is 12.1 Å². The van der Waals surface area contributed by atoms with Crippen LogP contribution in [-0.4, -0.2) is 39.7 Å². The highest BCUT2D eigenvalue weighted by molar-refractivity contribution is 7.09. The van der Waals surface area contributed by atoms with Crippen LogP contribution in [0.3, 0.4) is 0 Å². The van der Waals surface area contributed by atoms with E-state index in [1.165, 1.54) is 5.56 Å². The fraction of sp³-hybridized carbons (Fsp3) is 0.316. The molecule has 136 valence electrons. The van der Waals surface area contributed by atoms with Gasteiger partial charge in [-0.15, -0.1) is 11.3 Å². The third kappa shape index (κ3) is 4.11. The number of aryl methyl sites for hydroxylation is 3. The summed E-state index contributed by atoms with van der Waals surface area (Å²) in [5.41, 5.74) is 5.92. The summed E-state index contributed by atoms with van der Waals surface area (Å²) in [5, 5.41) is 13.2. The minimum atomic E-state index is -0.129. The Bertz CT molecular complexity index is 895. The molecule has 1 aromatic carbocycles. The van der Waals surface area contributed by atoms with Crippen LogP contribution in [0.15, 0.2) is 29.6 Å². The van der Waals surface area contributed by atoms with Crippen LogP contribution in [0.5, 0.6) is 0 Å². The van der Waals surface area contributed by atoms with Gasteiger partial charge >= 0.3 is 6.03 Å². The average Bonchev–Trinajstić information content (AvgIpc) is 3.19. The maximum absolute atomic E-state index is 12.5. The molecule has 0 unspecified atom stereocenters. The summed E-state index contributed by atoms with van der Waals surface area (Å²) < 4.78 is 0. The summed E-state index contributed by atoms with van der Waals surface area (Å²) in [6.07, 6.45) is 0.774. The van der Waals surface area contributed by atoms with Crippen LogP contribution in [-0.2, 0) is 6.42 Å². The van der Waals surface area contributed by atoms with Gasteiger partial charge in [-0.05, 0) is 44.9 Å². The average molecular weight is 369 g/mol.